The van der Waals surface area contributed by atoms with Gasteiger partial charge in [0, 0.05) is 30.4 Å². The lowest BCUT2D eigenvalue weighted by atomic mass is 10.00. The van der Waals surface area contributed by atoms with Gasteiger partial charge in [-0.25, -0.2) is 4.68 Å². The molecule has 0 bridgehead atoms. The van der Waals surface area contributed by atoms with E-state index in [0.717, 1.165) is 22.6 Å². The van der Waals surface area contributed by atoms with E-state index in [0.29, 0.717) is 43.5 Å². The summed E-state index contributed by atoms with van der Waals surface area (Å²) in [5.74, 6) is 0.834. The van der Waals surface area contributed by atoms with Gasteiger partial charge in [-0.05, 0) is 52.0 Å². The van der Waals surface area contributed by atoms with E-state index in [1.54, 1.807) is 12.1 Å². The summed E-state index contributed by atoms with van der Waals surface area (Å²) in [6.07, 6.45) is 0. The van der Waals surface area contributed by atoms with Crippen molar-refractivity contribution in [3.8, 4) is 17.2 Å². The molecule has 9 nitrogen and oxygen atoms in total. The van der Waals surface area contributed by atoms with Crippen LogP contribution in [0.4, 0.5) is 5.69 Å². The number of carbonyl (C=O) groups excluding carboxylic acids is 2. The van der Waals surface area contributed by atoms with Crippen LogP contribution in [0.25, 0.3) is 5.69 Å². The highest BCUT2D eigenvalue weighted by Gasteiger charge is 2.36. The summed E-state index contributed by atoms with van der Waals surface area (Å²) in [4.78, 5) is 28.2. The Bertz CT molecular complexity index is 1220. The topological polar surface area (TPSA) is 97.7 Å². The maximum Gasteiger partial charge on any atom is 0.242 e. The number of rotatable bonds is 9. The molecule has 0 saturated carbocycles. The Morgan fingerprint density at radius 2 is 1.86 bits per heavy atom. The van der Waals surface area contributed by atoms with Crippen LogP contribution in [-0.2, 0) is 9.59 Å². The van der Waals surface area contributed by atoms with E-state index in [1.807, 2.05) is 73.7 Å². The maximum atomic E-state index is 13.2. The van der Waals surface area contributed by atoms with Gasteiger partial charge >= 0.3 is 0 Å². The molecule has 1 atom stereocenters. The fourth-order valence-electron chi connectivity index (χ4n) is 4.59. The Morgan fingerprint density at radius 1 is 1.11 bits per heavy atom. The highest BCUT2D eigenvalue weighted by molar-refractivity contribution is 5.95. The van der Waals surface area contributed by atoms with E-state index in [4.69, 9.17) is 14.6 Å². The highest BCUT2D eigenvalue weighted by atomic mass is 16.5. The molecule has 9 heteroatoms. The van der Waals surface area contributed by atoms with E-state index in [2.05, 4.69) is 10.6 Å². The van der Waals surface area contributed by atoms with Gasteiger partial charge < -0.3 is 20.1 Å². The van der Waals surface area contributed by atoms with Crippen LogP contribution < -0.4 is 20.1 Å². The van der Waals surface area contributed by atoms with E-state index in [1.165, 1.54) is 0 Å². The average Bonchev–Trinajstić information content (AvgIpc) is 3.15. The predicted octanol–water partition coefficient (Wildman–Crippen LogP) is 3.40. The highest BCUT2D eigenvalue weighted by Crippen LogP contribution is 2.32. The van der Waals surface area contributed by atoms with Crippen molar-refractivity contribution in [1.82, 2.24) is 20.0 Å². The molecule has 1 unspecified atom stereocenters. The Balaban J connectivity index is 1.59. The number of hydrogen-bond donors (Lipinski definition) is 2. The smallest absolute Gasteiger partial charge is 0.242 e. The van der Waals surface area contributed by atoms with Gasteiger partial charge in [0.15, 0.2) is 0 Å². The van der Waals surface area contributed by atoms with Gasteiger partial charge in [-0.15, -0.1) is 0 Å². The van der Waals surface area contributed by atoms with Crippen molar-refractivity contribution in [2.45, 2.75) is 33.7 Å². The number of nitrogens with one attached hydrogen (secondary N) is 2. The third-order valence-corrected chi connectivity index (χ3v) is 6.12. The largest absolute Gasteiger partial charge is 0.494 e. The summed E-state index contributed by atoms with van der Waals surface area (Å²) in [6.45, 7) is 9.67. The first kappa shape index (κ1) is 25.2. The normalized spacial score (nSPS) is 15.9. The summed E-state index contributed by atoms with van der Waals surface area (Å²) in [7, 11) is 0. The van der Waals surface area contributed by atoms with E-state index in [-0.39, 0.29) is 18.4 Å². The van der Waals surface area contributed by atoms with Crippen LogP contribution in [0.1, 0.15) is 36.8 Å². The summed E-state index contributed by atoms with van der Waals surface area (Å²) >= 11 is 0. The zero-order valence-corrected chi connectivity index (χ0v) is 21.2. The second kappa shape index (κ2) is 11.3. The molecule has 1 aliphatic heterocycles. The molecule has 2 amide bonds. The lowest BCUT2D eigenvalue weighted by Crippen LogP contribution is -2.52. The number of hydrogen-bond acceptors (Lipinski definition) is 6. The Hall–Kier alpha value is -3.85. The van der Waals surface area contributed by atoms with Crippen molar-refractivity contribution >= 4 is 17.5 Å². The Kier molecular flexibility index (Phi) is 7.90. The second-order valence-corrected chi connectivity index (χ2v) is 8.57. The van der Waals surface area contributed by atoms with Crippen molar-refractivity contribution in [3.63, 3.8) is 0 Å². The van der Waals surface area contributed by atoms with Gasteiger partial charge in [0.1, 0.15) is 17.5 Å². The van der Waals surface area contributed by atoms with Gasteiger partial charge in [-0.3, -0.25) is 14.5 Å². The summed E-state index contributed by atoms with van der Waals surface area (Å²) in [5.41, 5.74) is 3.90. The first-order chi connectivity index (χ1) is 17.4. The number of aromatic nitrogens is 2. The monoisotopic (exact) mass is 491 g/mol. The zero-order chi connectivity index (χ0) is 25.7. The van der Waals surface area contributed by atoms with E-state index in [9.17, 15) is 9.59 Å². The molecule has 2 heterocycles. The van der Waals surface area contributed by atoms with Crippen molar-refractivity contribution in [3.05, 3.63) is 65.5 Å². The molecule has 4 rings (SSSR count). The molecule has 1 saturated heterocycles. The fourth-order valence-corrected chi connectivity index (χ4v) is 4.59. The number of aryl methyl sites for hydroxylation is 1. The summed E-state index contributed by atoms with van der Waals surface area (Å²) in [6, 6.07) is 14.5. The Morgan fingerprint density at radius 3 is 2.58 bits per heavy atom. The molecule has 1 fully saturated rings. The summed E-state index contributed by atoms with van der Waals surface area (Å²) < 4.78 is 13.1. The standard InChI is InChI=1S/C27H33N5O4/c1-5-35-21-12-13-23(36-6-2)22(16-21)29-24(33)17-31-15-14-28-27(34)26(31)25-18(3)30-32(19(25)4)20-10-8-7-9-11-20/h7-13,16,26H,5-6,14-15,17H2,1-4H3,(H,28,34)(H,29,33). The molecule has 1 aromatic heterocycles. The van der Waals surface area contributed by atoms with Crippen LogP contribution in [-0.4, -0.2) is 59.3 Å². The average molecular weight is 492 g/mol. The first-order valence-electron chi connectivity index (χ1n) is 12.3. The van der Waals surface area contributed by atoms with Crippen molar-refractivity contribution < 1.29 is 19.1 Å². The molecule has 2 aromatic carbocycles. The van der Waals surface area contributed by atoms with Crippen molar-refractivity contribution in [1.29, 1.82) is 0 Å². The van der Waals surface area contributed by atoms with Gasteiger partial charge in [0.25, 0.3) is 0 Å². The fraction of sp³-hybridized carbons (Fsp3) is 0.370. The SMILES string of the molecule is CCOc1ccc(OCC)c(NC(=O)CN2CCNC(=O)C2c2c(C)nn(-c3ccccc3)c2C)c1. The lowest BCUT2D eigenvalue weighted by molar-refractivity contribution is -0.130. The van der Waals surface area contributed by atoms with Crippen LogP contribution >= 0.6 is 0 Å². The minimum atomic E-state index is -0.622. The quantitative estimate of drug-likeness (QED) is 0.476. The predicted molar refractivity (Wildman–Crippen MR) is 138 cm³/mol. The molecule has 0 radical (unpaired) electrons. The number of carbonyl (C=O) groups is 2. The number of para-hydroxylation sites is 1. The van der Waals surface area contributed by atoms with E-state index < -0.39 is 6.04 Å². The van der Waals surface area contributed by atoms with Crippen LogP contribution in [0, 0.1) is 13.8 Å². The second-order valence-electron chi connectivity index (χ2n) is 8.57. The van der Waals surface area contributed by atoms with Gasteiger partial charge in [-0.1, -0.05) is 18.2 Å². The van der Waals surface area contributed by atoms with Gasteiger partial charge in [0.2, 0.25) is 11.8 Å². The number of piperazine rings is 1. The molecule has 2 N–H and O–H groups in total. The van der Waals surface area contributed by atoms with E-state index >= 15 is 0 Å². The molecular formula is C27H33N5O4. The summed E-state index contributed by atoms with van der Waals surface area (Å²) in [5, 5.41) is 10.6. The molecule has 190 valence electrons. The molecule has 0 aliphatic carbocycles. The zero-order valence-electron chi connectivity index (χ0n) is 21.2. The minimum absolute atomic E-state index is 0.0396. The molecule has 0 spiro atoms. The molecule has 36 heavy (non-hydrogen) atoms. The van der Waals surface area contributed by atoms with Crippen LogP contribution in [0.15, 0.2) is 48.5 Å². The maximum absolute atomic E-state index is 13.2. The third kappa shape index (κ3) is 5.36. The van der Waals surface area contributed by atoms with Crippen LogP contribution in [0.3, 0.4) is 0 Å². The third-order valence-electron chi connectivity index (χ3n) is 6.12. The van der Waals surface area contributed by atoms with Crippen LogP contribution in [0.2, 0.25) is 0 Å². The minimum Gasteiger partial charge on any atom is -0.494 e. The molecule has 1 aliphatic rings. The number of anilines is 1. The first-order valence-corrected chi connectivity index (χ1v) is 12.3. The molecular weight excluding hydrogens is 458 g/mol. The van der Waals surface area contributed by atoms with Crippen molar-refractivity contribution in [2.24, 2.45) is 0 Å². The Labute approximate surface area is 211 Å². The number of amides is 2. The molecule has 3 aromatic rings. The number of benzene rings is 2. The lowest BCUT2D eigenvalue weighted by Gasteiger charge is -2.34. The number of ether oxygens (including phenoxy) is 2. The van der Waals surface area contributed by atoms with Crippen molar-refractivity contribution in [2.75, 3.05) is 38.2 Å². The van der Waals surface area contributed by atoms with Crippen LogP contribution in [0.5, 0.6) is 11.5 Å². The van der Waals surface area contributed by atoms with Gasteiger partial charge in [-0.2, -0.15) is 5.10 Å². The number of nitrogens with zero attached hydrogens (tertiary/aromatic N) is 3. The van der Waals surface area contributed by atoms with Gasteiger partial charge in [0.05, 0.1) is 36.8 Å².